The second-order valence-electron chi connectivity index (χ2n) is 4.59. The van der Waals surface area contributed by atoms with Crippen LogP contribution in [0.4, 0.5) is 4.39 Å². The third-order valence-electron chi connectivity index (χ3n) is 2.92. The summed E-state index contributed by atoms with van der Waals surface area (Å²) in [6, 6.07) is 8.11. The van der Waals surface area contributed by atoms with Crippen LogP contribution in [0.15, 0.2) is 47.4 Å². The standard InChI is InChI=1S/C15H13FN2O4/c16-12-4-1-10(2-5-12)7-17-15(22)11-3-6-13(19)18(8-11)9-14(20)21/h1-6,8H,7,9H2,(H,17,22)(H,20,21). The molecule has 1 aromatic heterocycles. The maximum atomic E-state index is 12.8. The molecule has 0 unspecified atom stereocenters. The molecule has 0 saturated heterocycles. The van der Waals surface area contributed by atoms with Gasteiger partial charge in [0.2, 0.25) is 0 Å². The first-order chi connectivity index (χ1) is 10.5. The number of carbonyl (C=O) groups is 2. The van der Waals surface area contributed by atoms with E-state index >= 15 is 0 Å². The molecule has 114 valence electrons. The first-order valence-corrected chi connectivity index (χ1v) is 6.40. The monoisotopic (exact) mass is 304 g/mol. The maximum absolute atomic E-state index is 12.8. The minimum atomic E-state index is -1.18. The van der Waals surface area contributed by atoms with Crippen molar-refractivity contribution in [2.45, 2.75) is 13.1 Å². The summed E-state index contributed by atoms with van der Waals surface area (Å²) in [4.78, 5) is 34.1. The smallest absolute Gasteiger partial charge is 0.323 e. The van der Waals surface area contributed by atoms with Gasteiger partial charge in [-0.2, -0.15) is 0 Å². The summed E-state index contributed by atoms with van der Waals surface area (Å²) in [5, 5.41) is 11.3. The number of carboxylic acids is 1. The highest BCUT2D eigenvalue weighted by atomic mass is 19.1. The lowest BCUT2D eigenvalue weighted by Crippen LogP contribution is -2.27. The fraction of sp³-hybridized carbons (Fsp3) is 0.133. The van der Waals surface area contributed by atoms with Crippen molar-refractivity contribution in [3.8, 4) is 0 Å². The molecule has 0 aliphatic rings. The number of aromatic nitrogens is 1. The molecule has 22 heavy (non-hydrogen) atoms. The minimum absolute atomic E-state index is 0.169. The van der Waals surface area contributed by atoms with Crippen molar-refractivity contribution < 1.29 is 19.1 Å². The molecule has 0 bridgehead atoms. The molecule has 0 saturated carbocycles. The fourth-order valence-corrected chi connectivity index (χ4v) is 1.82. The summed E-state index contributed by atoms with van der Waals surface area (Å²) in [6.45, 7) is -0.324. The normalized spacial score (nSPS) is 10.2. The molecule has 1 amide bonds. The summed E-state index contributed by atoms with van der Waals surface area (Å²) in [5.41, 5.74) is 0.383. The molecule has 6 nitrogen and oxygen atoms in total. The van der Waals surface area contributed by atoms with Crippen molar-refractivity contribution in [3.63, 3.8) is 0 Å². The molecule has 2 N–H and O–H groups in total. The third-order valence-corrected chi connectivity index (χ3v) is 2.92. The minimum Gasteiger partial charge on any atom is -0.480 e. The molecular formula is C15H13FN2O4. The number of benzene rings is 1. The van der Waals surface area contributed by atoms with Gasteiger partial charge in [0.05, 0.1) is 5.56 Å². The number of pyridine rings is 1. The number of hydrogen-bond acceptors (Lipinski definition) is 3. The van der Waals surface area contributed by atoms with E-state index in [0.717, 1.165) is 10.6 Å². The predicted molar refractivity (Wildman–Crippen MR) is 75.9 cm³/mol. The van der Waals surface area contributed by atoms with Crippen LogP contribution in [0, 0.1) is 5.82 Å². The summed E-state index contributed by atoms with van der Waals surface area (Å²) in [7, 11) is 0. The summed E-state index contributed by atoms with van der Waals surface area (Å²) >= 11 is 0. The van der Waals surface area contributed by atoms with Gasteiger partial charge in [-0.05, 0) is 23.8 Å². The van der Waals surface area contributed by atoms with Crippen LogP contribution in [0.5, 0.6) is 0 Å². The zero-order chi connectivity index (χ0) is 16.1. The van der Waals surface area contributed by atoms with E-state index in [-0.39, 0.29) is 17.9 Å². The van der Waals surface area contributed by atoms with Crippen molar-refractivity contribution in [2.75, 3.05) is 0 Å². The van der Waals surface area contributed by atoms with Crippen LogP contribution in [-0.2, 0) is 17.9 Å². The van der Waals surface area contributed by atoms with E-state index in [4.69, 9.17) is 5.11 Å². The highest BCUT2D eigenvalue weighted by molar-refractivity contribution is 5.93. The number of nitrogens with zero attached hydrogens (tertiary/aromatic N) is 1. The molecule has 0 fully saturated rings. The molecule has 0 radical (unpaired) electrons. The van der Waals surface area contributed by atoms with E-state index in [1.807, 2.05) is 0 Å². The Hall–Kier alpha value is -2.96. The van der Waals surface area contributed by atoms with Gasteiger partial charge in [-0.3, -0.25) is 14.4 Å². The van der Waals surface area contributed by atoms with Crippen molar-refractivity contribution in [3.05, 3.63) is 69.9 Å². The number of carbonyl (C=O) groups excluding carboxylic acids is 1. The SMILES string of the molecule is O=C(O)Cn1cc(C(=O)NCc2ccc(F)cc2)ccc1=O. The van der Waals surface area contributed by atoms with Crippen molar-refractivity contribution in [1.29, 1.82) is 0 Å². The lowest BCUT2D eigenvalue weighted by Gasteiger charge is -2.07. The van der Waals surface area contributed by atoms with Crippen LogP contribution in [0.3, 0.4) is 0 Å². The highest BCUT2D eigenvalue weighted by Gasteiger charge is 2.09. The molecular weight excluding hydrogens is 291 g/mol. The topological polar surface area (TPSA) is 88.4 Å². The van der Waals surface area contributed by atoms with Crippen LogP contribution < -0.4 is 10.9 Å². The Morgan fingerprint density at radius 3 is 2.45 bits per heavy atom. The Kier molecular flexibility index (Phi) is 4.67. The van der Waals surface area contributed by atoms with Gasteiger partial charge < -0.3 is 15.0 Å². The molecule has 0 aliphatic carbocycles. The molecule has 0 aliphatic heterocycles. The molecule has 2 aromatic rings. The van der Waals surface area contributed by atoms with Gasteiger partial charge in [0, 0.05) is 18.8 Å². The van der Waals surface area contributed by atoms with Crippen molar-refractivity contribution >= 4 is 11.9 Å². The number of halogens is 1. The highest BCUT2D eigenvalue weighted by Crippen LogP contribution is 2.03. The van der Waals surface area contributed by atoms with Crippen LogP contribution in [-0.4, -0.2) is 21.6 Å². The second kappa shape index (κ2) is 6.66. The van der Waals surface area contributed by atoms with E-state index in [2.05, 4.69) is 5.32 Å². The van der Waals surface area contributed by atoms with Crippen LogP contribution >= 0.6 is 0 Å². The zero-order valence-electron chi connectivity index (χ0n) is 11.5. The van der Waals surface area contributed by atoms with Gasteiger partial charge >= 0.3 is 5.97 Å². The van der Waals surface area contributed by atoms with Gasteiger partial charge in [0.25, 0.3) is 11.5 Å². The number of nitrogens with one attached hydrogen (secondary N) is 1. The predicted octanol–water partition coefficient (Wildman–Crippen LogP) is 1.00. The van der Waals surface area contributed by atoms with E-state index in [0.29, 0.717) is 5.56 Å². The maximum Gasteiger partial charge on any atom is 0.323 e. The largest absolute Gasteiger partial charge is 0.480 e. The summed E-state index contributed by atoms with van der Waals surface area (Å²) < 4.78 is 13.7. The Morgan fingerprint density at radius 2 is 1.82 bits per heavy atom. The van der Waals surface area contributed by atoms with Crippen LogP contribution in [0.2, 0.25) is 0 Å². The Morgan fingerprint density at radius 1 is 1.14 bits per heavy atom. The van der Waals surface area contributed by atoms with E-state index in [1.54, 1.807) is 12.1 Å². The molecule has 7 heteroatoms. The Balaban J connectivity index is 2.07. The van der Waals surface area contributed by atoms with E-state index < -0.39 is 24.0 Å². The van der Waals surface area contributed by atoms with Gasteiger partial charge in [-0.15, -0.1) is 0 Å². The number of rotatable bonds is 5. The molecule has 1 aromatic carbocycles. The molecule has 2 rings (SSSR count). The van der Waals surface area contributed by atoms with E-state index in [1.165, 1.54) is 24.4 Å². The third kappa shape index (κ3) is 4.02. The van der Waals surface area contributed by atoms with Crippen molar-refractivity contribution in [1.82, 2.24) is 9.88 Å². The number of amides is 1. The lowest BCUT2D eigenvalue weighted by atomic mass is 10.2. The number of hydrogen-bond donors (Lipinski definition) is 2. The molecule has 0 spiro atoms. The average molecular weight is 304 g/mol. The zero-order valence-corrected chi connectivity index (χ0v) is 11.5. The van der Waals surface area contributed by atoms with Gasteiger partial charge in [-0.1, -0.05) is 12.1 Å². The first-order valence-electron chi connectivity index (χ1n) is 6.40. The van der Waals surface area contributed by atoms with Crippen LogP contribution in [0.25, 0.3) is 0 Å². The molecule has 0 atom stereocenters. The second-order valence-corrected chi connectivity index (χ2v) is 4.59. The van der Waals surface area contributed by atoms with Crippen molar-refractivity contribution in [2.24, 2.45) is 0 Å². The average Bonchev–Trinajstić information content (AvgIpc) is 2.48. The fourth-order valence-electron chi connectivity index (χ4n) is 1.82. The number of carboxylic acid groups (broad SMARTS) is 1. The molecule has 1 heterocycles. The number of aliphatic carboxylic acids is 1. The first kappa shape index (κ1) is 15.4. The van der Waals surface area contributed by atoms with Gasteiger partial charge in [-0.25, -0.2) is 4.39 Å². The van der Waals surface area contributed by atoms with E-state index in [9.17, 15) is 18.8 Å². The van der Waals surface area contributed by atoms with Gasteiger partial charge in [0.15, 0.2) is 0 Å². The quantitative estimate of drug-likeness (QED) is 0.862. The summed E-state index contributed by atoms with van der Waals surface area (Å²) in [6.07, 6.45) is 1.19. The Bertz CT molecular complexity index is 753. The Labute approximate surface area is 124 Å². The lowest BCUT2D eigenvalue weighted by molar-refractivity contribution is -0.137. The van der Waals surface area contributed by atoms with Crippen LogP contribution in [0.1, 0.15) is 15.9 Å². The van der Waals surface area contributed by atoms with Gasteiger partial charge in [0.1, 0.15) is 12.4 Å². The summed E-state index contributed by atoms with van der Waals surface area (Å²) in [5.74, 6) is -2.00.